The van der Waals surface area contributed by atoms with Crippen LogP contribution in [-0.2, 0) is 0 Å². The zero-order valence-electron chi connectivity index (χ0n) is 9.28. The molecule has 0 amide bonds. The molecular formula is C10H15N3S2. The molecule has 0 aromatic carbocycles. The molecule has 1 aromatic rings. The van der Waals surface area contributed by atoms with E-state index >= 15 is 0 Å². The number of aromatic nitrogens is 2. The smallest absolute Gasteiger partial charge is 0.137 e. The summed E-state index contributed by atoms with van der Waals surface area (Å²) in [5.41, 5.74) is 3.95. The van der Waals surface area contributed by atoms with E-state index in [9.17, 15) is 0 Å². The fourth-order valence-corrected chi connectivity index (χ4v) is 3.07. The summed E-state index contributed by atoms with van der Waals surface area (Å²) in [4.78, 5) is 2.34. The summed E-state index contributed by atoms with van der Waals surface area (Å²) in [6, 6.07) is 0. The molecule has 0 aliphatic carbocycles. The molecule has 0 spiro atoms. The van der Waals surface area contributed by atoms with Gasteiger partial charge in [-0.15, -0.1) is 11.8 Å². The number of thioether (sulfide) groups is 1. The Balaban J connectivity index is 2.37. The lowest BCUT2D eigenvalue weighted by atomic mass is 10.00. The highest BCUT2D eigenvalue weighted by Crippen LogP contribution is 2.30. The molecule has 0 atom stereocenters. The summed E-state index contributed by atoms with van der Waals surface area (Å²) in [6.07, 6.45) is 3.21. The number of hydrogen-bond donors (Lipinski definition) is 0. The summed E-state index contributed by atoms with van der Waals surface area (Å²) in [5.74, 6) is 0. The van der Waals surface area contributed by atoms with Crippen LogP contribution in [0.5, 0.6) is 0 Å². The second-order valence-corrected chi connectivity index (χ2v) is 5.19. The highest BCUT2D eigenvalue weighted by molar-refractivity contribution is 7.98. The van der Waals surface area contributed by atoms with Gasteiger partial charge < -0.3 is 4.90 Å². The summed E-state index contributed by atoms with van der Waals surface area (Å²) >= 11 is 3.00. The normalized spacial score (nSPS) is 18.6. The van der Waals surface area contributed by atoms with Crippen molar-refractivity contribution in [2.24, 2.45) is 0 Å². The van der Waals surface area contributed by atoms with Crippen LogP contribution in [0.25, 0.3) is 5.57 Å². The summed E-state index contributed by atoms with van der Waals surface area (Å²) < 4.78 is 8.73. The zero-order valence-corrected chi connectivity index (χ0v) is 10.9. The summed E-state index contributed by atoms with van der Waals surface area (Å²) in [7, 11) is 2.16. The number of likely N-dealkylation sites (N-methyl/N-ethyl adjacent to an activating group) is 1. The number of hydrogen-bond acceptors (Lipinski definition) is 5. The highest BCUT2D eigenvalue weighted by atomic mass is 32.2. The van der Waals surface area contributed by atoms with Crippen LogP contribution in [0.4, 0.5) is 0 Å². The van der Waals surface area contributed by atoms with E-state index in [1.165, 1.54) is 22.9 Å². The summed E-state index contributed by atoms with van der Waals surface area (Å²) in [6.45, 7) is 4.37. The van der Waals surface area contributed by atoms with Crippen molar-refractivity contribution in [3.05, 3.63) is 11.3 Å². The van der Waals surface area contributed by atoms with E-state index in [4.69, 9.17) is 0 Å². The van der Waals surface area contributed by atoms with Crippen molar-refractivity contribution in [2.75, 3.05) is 26.4 Å². The van der Waals surface area contributed by atoms with Gasteiger partial charge in [0.15, 0.2) is 0 Å². The van der Waals surface area contributed by atoms with E-state index < -0.39 is 0 Å². The van der Waals surface area contributed by atoms with Gasteiger partial charge in [-0.05, 0) is 32.2 Å². The van der Waals surface area contributed by atoms with Crippen molar-refractivity contribution in [2.45, 2.75) is 18.4 Å². The van der Waals surface area contributed by atoms with Gasteiger partial charge in [-0.1, -0.05) is 5.57 Å². The van der Waals surface area contributed by atoms with E-state index in [1.54, 1.807) is 11.8 Å². The van der Waals surface area contributed by atoms with Crippen molar-refractivity contribution in [3.63, 3.8) is 0 Å². The van der Waals surface area contributed by atoms with Gasteiger partial charge in [-0.3, -0.25) is 0 Å². The molecule has 15 heavy (non-hydrogen) atoms. The zero-order chi connectivity index (χ0) is 10.8. The van der Waals surface area contributed by atoms with Gasteiger partial charge in [0.1, 0.15) is 10.7 Å². The van der Waals surface area contributed by atoms with Crippen LogP contribution in [-0.4, -0.2) is 40.0 Å². The number of nitrogens with zero attached hydrogens (tertiary/aromatic N) is 3. The van der Waals surface area contributed by atoms with Crippen LogP contribution in [0.3, 0.4) is 0 Å². The van der Waals surface area contributed by atoms with E-state index in [-0.39, 0.29) is 0 Å². The molecule has 3 nitrogen and oxygen atoms in total. The molecule has 0 unspecified atom stereocenters. The first-order valence-corrected chi connectivity index (χ1v) is 6.92. The van der Waals surface area contributed by atoms with Crippen molar-refractivity contribution >= 4 is 29.1 Å². The molecule has 0 radical (unpaired) electrons. The molecule has 1 aliphatic heterocycles. The minimum Gasteiger partial charge on any atom is -0.302 e. The van der Waals surface area contributed by atoms with Gasteiger partial charge in [-0.25, -0.2) is 0 Å². The quantitative estimate of drug-likeness (QED) is 0.743. The minimum atomic E-state index is 1.00. The Labute approximate surface area is 98.9 Å². The van der Waals surface area contributed by atoms with Gasteiger partial charge in [0.05, 0.1) is 11.7 Å². The third-order valence-corrected chi connectivity index (χ3v) is 4.06. The standard InChI is InChI=1S/C10H15N3S2/c1-7-4-5-13(2)6-8(7)9-10(14-3)12-15-11-9/h4-6H2,1-3H3. The topological polar surface area (TPSA) is 29.0 Å². The maximum Gasteiger partial charge on any atom is 0.137 e. The minimum absolute atomic E-state index is 1.00. The molecule has 5 heteroatoms. The van der Waals surface area contributed by atoms with E-state index in [0.717, 1.165) is 30.2 Å². The first-order chi connectivity index (χ1) is 7.22. The second kappa shape index (κ2) is 4.63. The third kappa shape index (κ3) is 2.24. The lowest BCUT2D eigenvalue weighted by molar-refractivity contribution is 0.366. The Kier molecular flexibility index (Phi) is 3.43. The Morgan fingerprint density at radius 1 is 1.40 bits per heavy atom. The van der Waals surface area contributed by atoms with Gasteiger partial charge in [0, 0.05) is 13.1 Å². The molecule has 0 N–H and O–H groups in total. The monoisotopic (exact) mass is 241 g/mol. The fourth-order valence-electron chi connectivity index (χ4n) is 1.77. The average Bonchev–Trinajstić information content (AvgIpc) is 2.69. The molecule has 0 saturated carbocycles. The Morgan fingerprint density at radius 2 is 2.20 bits per heavy atom. The largest absolute Gasteiger partial charge is 0.302 e. The highest BCUT2D eigenvalue weighted by Gasteiger charge is 2.19. The molecule has 82 valence electrons. The van der Waals surface area contributed by atoms with Crippen molar-refractivity contribution in [1.82, 2.24) is 13.6 Å². The second-order valence-electron chi connectivity index (χ2n) is 3.87. The molecule has 2 heterocycles. The maximum atomic E-state index is 4.42. The number of rotatable bonds is 2. The van der Waals surface area contributed by atoms with Crippen molar-refractivity contribution in [1.29, 1.82) is 0 Å². The first kappa shape index (κ1) is 11.1. The molecule has 2 rings (SSSR count). The summed E-state index contributed by atoms with van der Waals surface area (Å²) in [5, 5.41) is 1.07. The predicted octanol–water partition coefficient (Wildman–Crippen LogP) is 2.37. The SMILES string of the molecule is CSc1nsnc1C1=C(C)CCN(C)C1. The lowest BCUT2D eigenvalue weighted by Gasteiger charge is -2.25. The first-order valence-electron chi connectivity index (χ1n) is 4.96. The molecule has 0 bridgehead atoms. The molecular weight excluding hydrogens is 226 g/mol. The van der Waals surface area contributed by atoms with Crippen LogP contribution in [0, 0.1) is 0 Å². The van der Waals surface area contributed by atoms with Crippen LogP contribution in [0.2, 0.25) is 0 Å². The molecule has 0 saturated heterocycles. The average molecular weight is 241 g/mol. The van der Waals surface area contributed by atoms with Crippen LogP contribution < -0.4 is 0 Å². The van der Waals surface area contributed by atoms with Gasteiger partial charge in [0.25, 0.3) is 0 Å². The van der Waals surface area contributed by atoms with E-state index in [0.29, 0.717) is 0 Å². The van der Waals surface area contributed by atoms with Crippen LogP contribution in [0.1, 0.15) is 19.0 Å². The van der Waals surface area contributed by atoms with Gasteiger partial charge in [0.2, 0.25) is 0 Å². The predicted molar refractivity (Wildman–Crippen MR) is 66.4 cm³/mol. The maximum absolute atomic E-state index is 4.42. The van der Waals surface area contributed by atoms with Gasteiger partial charge >= 0.3 is 0 Å². The molecule has 0 fully saturated rings. The molecule has 1 aliphatic rings. The Hall–Kier alpha value is -0.390. The van der Waals surface area contributed by atoms with Crippen molar-refractivity contribution < 1.29 is 0 Å². The molecule has 1 aromatic heterocycles. The van der Waals surface area contributed by atoms with Crippen LogP contribution in [0.15, 0.2) is 10.6 Å². The third-order valence-electron chi connectivity index (χ3n) is 2.75. The fraction of sp³-hybridized carbons (Fsp3) is 0.600. The van der Waals surface area contributed by atoms with E-state index in [1.807, 2.05) is 0 Å². The van der Waals surface area contributed by atoms with Crippen LogP contribution >= 0.6 is 23.5 Å². The Morgan fingerprint density at radius 3 is 2.93 bits per heavy atom. The van der Waals surface area contributed by atoms with Gasteiger partial charge in [-0.2, -0.15) is 8.75 Å². The van der Waals surface area contributed by atoms with Crippen molar-refractivity contribution in [3.8, 4) is 0 Å². The van der Waals surface area contributed by atoms with E-state index in [2.05, 4.69) is 33.9 Å². The Bertz CT molecular complexity index is 384. The lowest BCUT2D eigenvalue weighted by Crippen LogP contribution is -2.27.